The lowest BCUT2D eigenvalue weighted by molar-refractivity contribution is -0.126. The van der Waals surface area contributed by atoms with Gasteiger partial charge in [0.05, 0.1) is 18.3 Å². The second-order valence-corrected chi connectivity index (χ2v) is 9.27. The third-order valence-electron chi connectivity index (χ3n) is 5.99. The molecule has 9 nitrogen and oxygen atoms in total. The second kappa shape index (κ2) is 11.4. The molecule has 1 fully saturated rings. The summed E-state index contributed by atoms with van der Waals surface area (Å²) in [5.74, 6) is -3.39. The predicted octanol–water partition coefficient (Wildman–Crippen LogP) is 2.78. The van der Waals surface area contributed by atoms with Gasteiger partial charge in [-0.15, -0.1) is 0 Å². The molecular weight excluding hydrogens is 504 g/mol. The summed E-state index contributed by atoms with van der Waals surface area (Å²) in [6, 6.07) is 9.57. The van der Waals surface area contributed by atoms with Gasteiger partial charge in [0, 0.05) is 18.7 Å². The van der Waals surface area contributed by atoms with Gasteiger partial charge in [-0.1, -0.05) is 30.3 Å². The zero-order chi connectivity index (χ0) is 26.5. The molecule has 0 bridgehead atoms. The minimum absolute atomic E-state index is 0.132. The minimum Gasteiger partial charge on any atom is -0.395 e. The molecule has 1 aliphatic rings. The second-order valence-electron chi connectivity index (χ2n) is 8.50. The number of benzene rings is 2. The number of hydrogen-bond acceptors (Lipinski definition) is 7. The summed E-state index contributed by atoms with van der Waals surface area (Å²) < 4.78 is 37.9. The molecule has 0 radical (unpaired) electrons. The van der Waals surface area contributed by atoms with Crippen molar-refractivity contribution in [1.82, 2.24) is 14.6 Å². The highest BCUT2D eigenvalue weighted by Crippen LogP contribution is 2.31. The highest BCUT2D eigenvalue weighted by atomic mass is 32.1. The number of halogens is 2. The molecule has 3 amide bonds. The molecule has 4 rings (SSSR count). The van der Waals surface area contributed by atoms with Gasteiger partial charge in [-0.2, -0.15) is 4.37 Å². The van der Waals surface area contributed by atoms with Crippen LogP contribution >= 0.6 is 11.5 Å². The van der Waals surface area contributed by atoms with Crippen molar-refractivity contribution in [3.8, 4) is 0 Å². The van der Waals surface area contributed by atoms with Crippen LogP contribution in [0.5, 0.6) is 0 Å². The van der Waals surface area contributed by atoms with Crippen molar-refractivity contribution >= 4 is 34.9 Å². The number of nitrogens with two attached hydrogens (primary N) is 2. The van der Waals surface area contributed by atoms with E-state index in [2.05, 4.69) is 9.69 Å². The predicted molar refractivity (Wildman–Crippen MR) is 132 cm³/mol. The maximum absolute atomic E-state index is 14.7. The summed E-state index contributed by atoms with van der Waals surface area (Å²) in [6.07, 6.45) is 1.46. The Morgan fingerprint density at radius 3 is 2.51 bits per heavy atom. The molecule has 12 heteroatoms. The van der Waals surface area contributed by atoms with E-state index in [4.69, 9.17) is 16.2 Å². The van der Waals surface area contributed by atoms with Crippen molar-refractivity contribution in [3.63, 3.8) is 0 Å². The Kier molecular flexibility index (Phi) is 8.09. The average molecular weight is 530 g/mol. The lowest BCUT2D eigenvalue weighted by Gasteiger charge is -2.31. The number of ether oxygens (including phenoxy) is 1. The van der Waals surface area contributed by atoms with Gasteiger partial charge < -0.3 is 26.4 Å². The summed E-state index contributed by atoms with van der Waals surface area (Å²) in [4.78, 5) is 40.0. The fourth-order valence-electron chi connectivity index (χ4n) is 4.08. The van der Waals surface area contributed by atoms with Crippen molar-refractivity contribution in [2.45, 2.75) is 31.5 Å². The molecule has 0 unspecified atom stereocenters. The number of hydrogen-bond donors (Lipinski definition) is 3. The molecule has 1 aliphatic heterocycles. The van der Waals surface area contributed by atoms with Gasteiger partial charge in [0.15, 0.2) is 5.69 Å². The molecule has 3 aromatic rings. The summed E-state index contributed by atoms with van der Waals surface area (Å²) in [5, 5.41) is 2.80. The number of nitrogens with zero attached hydrogens (tertiary/aromatic N) is 2. The first-order chi connectivity index (χ1) is 17.8. The number of nitrogens with one attached hydrogen (secondary N) is 1. The molecule has 1 saturated heterocycles. The maximum atomic E-state index is 14.7. The van der Waals surface area contributed by atoms with Crippen LogP contribution in [0.4, 0.5) is 14.5 Å². The molecule has 0 aliphatic carbocycles. The van der Waals surface area contributed by atoms with Crippen LogP contribution in [0.1, 0.15) is 50.2 Å². The summed E-state index contributed by atoms with van der Waals surface area (Å²) >= 11 is 0.644. The van der Waals surface area contributed by atoms with Crippen LogP contribution in [0.3, 0.4) is 0 Å². The SMILES string of the molecule is NC(=O)c1nsc(C(=O)N(Cc2ccccc2F)[C@H](C(=O)NC[C@@H]2CCCO2)c2ccc(F)cc2)c1N. The Morgan fingerprint density at radius 2 is 1.89 bits per heavy atom. The summed E-state index contributed by atoms with van der Waals surface area (Å²) in [5.41, 5.74) is 11.2. The lowest BCUT2D eigenvalue weighted by atomic mass is 10.0. The van der Waals surface area contributed by atoms with Crippen LogP contribution in [0, 0.1) is 11.6 Å². The molecule has 37 heavy (non-hydrogen) atoms. The number of nitrogen functional groups attached to an aromatic ring is 1. The zero-order valence-corrected chi connectivity index (χ0v) is 20.5. The first kappa shape index (κ1) is 26.2. The number of carbonyl (C=O) groups excluding carboxylic acids is 3. The Bertz CT molecular complexity index is 1290. The largest absolute Gasteiger partial charge is 0.395 e. The van der Waals surface area contributed by atoms with E-state index in [0.717, 1.165) is 29.9 Å². The van der Waals surface area contributed by atoms with Gasteiger partial charge in [0.2, 0.25) is 5.91 Å². The molecule has 5 N–H and O–H groups in total. The Hall–Kier alpha value is -3.90. The van der Waals surface area contributed by atoms with E-state index in [1.165, 1.54) is 30.3 Å². The van der Waals surface area contributed by atoms with Crippen molar-refractivity contribution in [1.29, 1.82) is 0 Å². The monoisotopic (exact) mass is 529 g/mol. The van der Waals surface area contributed by atoms with E-state index in [9.17, 15) is 23.2 Å². The number of primary amides is 1. The highest BCUT2D eigenvalue weighted by molar-refractivity contribution is 7.09. The van der Waals surface area contributed by atoms with Gasteiger partial charge in [-0.25, -0.2) is 8.78 Å². The van der Waals surface area contributed by atoms with Crippen LogP contribution in [0.15, 0.2) is 48.5 Å². The third kappa shape index (κ3) is 5.92. The molecular formula is C25H25F2N5O4S. The fourth-order valence-corrected chi connectivity index (χ4v) is 4.85. The van der Waals surface area contributed by atoms with Crippen LogP contribution in [0.25, 0.3) is 0 Å². The number of aromatic nitrogens is 1. The normalized spacial score (nSPS) is 15.8. The zero-order valence-electron chi connectivity index (χ0n) is 19.7. The van der Waals surface area contributed by atoms with E-state index in [-0.39, 0.29) is 46.6 Å². The first-order valence-corrected chi connectivity index (χ1v) is 12.3. The molecule has 0 spiro atoms. The summed E-state index contributed by atoms with van der Waals surface area (Å²) in [6.45, 7) is 0.462. The van der Waals surface area contributed by atoms with E-state index < -0.39 is 35.4 Å². The first-order valence-electron chi connectivity index (χ1n) is 11.5. The number of anilines is 1. The van der Waals surface area contributed by atoms with Gasteiger partial charge in [-0.05, 0) is 48.1 Å². The molecule has 0 saturated carbocycles. The van der Waals surface area contributed by atoms with Gasteiger partial charge in [0.25, 0.3) is 11.8 Å². The third-order valence-corrected chi connectivity index (χ3v) is 6.84. The summed E-state index contributed by atoms with van der Waals surface area (Å²) in [7, 11) is 0. The Labute approximate surface area is 215 Å². The van der Waals surface area contributed by atoms with Crippen LogP contribution < -0.4 is 16.8 Å². The van der Waals surface area contributed by atoms with Crippen molar-refractivity contribution < 1.29 is 27.9 Å². The Balaban J connectivity index is 1.77. The number of amides is 3. The van der Waals surface area contributed by atoms with Crippen LogP contribution in [0.2, 0.25) is 0 Å². The van der Waals surface area contributed by atoms with Gasteiger partial charge in [0.1, 0.15) is 22.6 Å². The van der Waals surface area contributed by atoms with E-state index in [1.54, 1.807) is 6.07 Å². The topological polar surface area (TPSA) is 141 Å². The average Bonchev–Trinajstić information content (AvgIpc) is 3.54. The molecule has 2 atom stereocenters. The fraction of sp³-hybridized carbons (Fsp3) is 0.280. The van der Waals surface area contributed by atoms with Crippen molar-refractivity contribution in [3.05, 3.63) is 81.9 Å². The minimum atomic E-state index is -1.30. The molecule has 2 heterocycles. The molecule has 2 aromatic carbocycles. The maximum Gasteiger partial charge on any atom is 0.270 e. The lowest BCUT2D eigenvalue weighted by Crippen LogP contribution is -2.45. The smallest absolute Gasteiger partial charge is 0.270 e. The van der Waals surface area contributed by atoms with E-state index in [1.807, 2.05) is 0 Å². The quantitative estimate of drug-likeness (QED) is 0.389. The van der Waals surface area contributed by atoms with Gasteiger partial charge >= 0.3 is 0 Å². The standard InChI is InChI=1S/C25H25F2N5O4S/c26-16-9-7-14(8-10-16)21(24(34)30-12-17-5-3-11-36-17)32(13-15-4-1-2-6-18(15)27)25(35)22-19(28)20(23(29)33)31-37-22/h1-2,4,6-10,17,21H,3,5,11-13,28H2,(H2,29,33)(H,30,34)/t17-,21-/m0/s1. The number of rotatable bonds is 9. The van der Waals surface area contributed by atoms with Crippen molar-refractivity contribution in [2.75, 3.05) is 18.9 Å². The number of carbonyl (C=O) groups is 3. The Morgan fingerprint density at radius 1 is 1.16 bits per heavy atom. The van der Waals surface area contributed by atoms with E-state index in [0.29, 0.717) is 18.1 Å². The van der Waals surface area contributed by atoms with Crippen molar-refractivity contribution in [2.24, 2.45) is 5.73 Å². The molecule has 1 aromatic heterocycles. The molecule has 194 valence electrons. The van der Waals surface area contributed by atoms with Crippen LogP contribution in [-0.4, -0.2) is 46.3 Å². The highest BCUT2D eigenvalue weighted by Gasteiger charge is 2.35. The van der Waals surface area contributed by atoms with E-state index >= 15 is 0 Å². The van der Waals surface area contributed by atoms with Gasteiger partial charge in [-0.3, -0.25) is 14.4 Å². The van der Waals surface area contributed by atoms with Crippen LogP contribution in [-0.2, 0) is 16.1 Å².